The number of carboxylic acid groups (broad SMARTS) is 1. The van der Waals surface area contributed by atoms with E-state index in [9.17, 15) is 9.59 Å². The van der Waals surface area contributed by atoms with Crippen molar-refractivity contribution in [3.63, 3.8) is 0 Å². The summed E-state index contributed by atoms with van der Waals surface area (Å²) in [4.78, 5) is 25.0. The van der Waals surface area contributed by atoms with Gasteiger partial charge in [0, 0.05) is 5.56 Å². The molecule has 1 aromatic carbocycles. The zero-order valence-electron chi connectivity index (χ0n) is 11.3. The van der Waals surface area contributed by atoms with Gasteiger partial charge in [-0.05, 0) is 37.6 Å². The summed E-state index contributed by atoms with van der Waals surface area (Å²) in [6.45, 7) is 0.733. The molecule has 0 aliphatic carbocycles. The molecule has 1 aliphatic heterocycles. The predicted molar refractivity (Wildman–Crippen MR) is 74.0 cm³/mol. The van der Waals surface area contributed by atoms with Crippen molar-refractivity contribution < 1.29 is 19.4 Å². The molecule has 108 valence electrons. The van der Waals surface area contributed by atoms with Crippen LogP contribution in [0.4, 0.5) is 5.69 Å². The van der Waals surface area contributed by atoms with E-state index in [1.165, 1.54) is 7.11 Å². The molecule has 1 aliphatic rings. The summed E-state index contributed by atoms with van der Waals surface area (Å²) in [5.74, 6) is -0.483. The maximum atomic E-state index is 12.2. The number of methoxy groups -OCH3 is 1. The van der Waals surface area contributed by atoms with Gasteiger partial charge in [-0.3, -0.25) is 14.5 Å². The fraction of sp³-hybridized carbons (Fsp3) is 0.429. The van der Waals surface area contributed by atoms with Gasteiger partial charge in [-0.1, -0.05) is 0 Å². The number of rotatable bonds is 5. The lowest BCUT2D eigenvalue weighted by atomic mass is 10.1. The first-order valence-corrected chi connectivity index (χ1v) is 6.46. The van der Waals surface area contributed by atoms with Gasteiger partial charge in [0.1, 0.15) is 11.8 Å². The number of ether oxygens (including phenoxy) is 1. The summed E-state index contributed by atoms with van der Waals surface area (Å²) in [5.41, 5.74) is 6.64. The molecule has 6 nitrogen and oxygen atoms in total. The Morgan fingerprint density at radius 2 is 2.25 bits per heavy atom. The van der Waals surface area contributed by atoms with E-state index in [2.05, 4.69) is 0 Å². The number of ketones is 1. The molecule has 20 heavy (non-hydrogen) atoms. The van der Waals surface area contributed by atoms with Crippen LogP contribution < -0.4 is 10.5 Å². The van der Waals surface area contributed by atoms with Crippen molar-refractivity contribution in [2.24, 2.45) is 0 Å². The van der Waals surface area contributed by atoms with Gasteiger partial charge in [0.05, 0.1) is 19.3 Å². The van der Waals surface area contributed by atoms with Crippen molar-refractivity contribution in [3.05, 3.63) is 23.8 Å². The standard InChI is InChI=1S/C14H18N2O4/c1-20-13-5-4-9(7-10(13)15)12(17)8-16-6-2-3-11(16)14(18)19/h4-5,7,11H,2-3,6,8,15H2,1H3,(H,18,19). The highest BCUT2D eigenvalue weighted by Gasteiger charge is 2.31. The molecule has 6 heteroatoms. The van der Waals surface area contributed by atoms with E-state index in [-0.39, 0.29) is 12.3 Å². The molecular weight excluding hydrogens is 260 g/mol. The second-order valence-corrected chi connectivity index (χ2v) is 4.85. The number of hydrogen-bond acceptors (Lipinski definition) is 5. The van der Waals surface area contributed by atoms with Crippen LogP contribution in [0, 0.1) is 0 Å². The van der Waals surface area contributed by atoms with Gasteiger partial charge in [0.25, 0.3) is 0 Å². The largest absolute Gasteiger partial charge is 0.495 e. The van der Waals surface area contributed by atoms with Crippen molar-refractivity contribution in [3.8, 4) is 5.75 Å². The Hall–Kier alpha value is -2.08. The average Bonchev–Trinajstić information content (AvgIpc) is 2.86. The van der Waals surface area contributed by atoms with Crippen molar-refractivity contribution in [1.29, 1.82) is 0 Å². The monoisotopic (exact) mass is 278 g/mol. The molecule has 1 fully saturated rings. The zero-order chi connectivity index (χ0) is 14.7. The molecule has 2 rings (SSSR count). The van der Waals surface area contributed by atoms with Gasteiger partial charge in [-0.2, -0.15) is 0 Å². The molecule has 0 saturated carbocycles. The van der Waals surface area contributed by atoms with Gasteiger partial charge in [-0.25, -0.2) is 0 Å². The number of benzene rings is 1. The Balaban J connectivity index is 2.08. The van der Waals surface area contributed by atoms with Crippen LogP contribution in [0.15, 0.2) is 18.2 Å². The van der Waals surface area contributed by atoms with Crippen LogP contribution in [0.3, 0.4) is 0 Å². The minimum absolute atomic E-state index is 0.0999. The molecule has 0 spiro atoms. The highest BCUT2D eigenvalue weighted by Crippen LogP contribution is 2.23. The fourth-order valence-corrected chi connectivity index (χ4v) is 2.48. The number of nitrogens with two attached hydrogens (primary N) is 1. The highest BCUT2D eigenvalue weighted by atomic mass is 16.5. The number of nitrogens with zero attached hydrogens (tertiary/aromatic N) is 1. The minimum Gasteiger partial charge on any atom is -0.495 e. The smallest absolute Gasteiger partial charge is 0.320 e. The Kier molecular flexibility index (Phi) is 4.24. The van der Waals surface area contributed by atoms with Crippen molar-refractivity contribution in [2.45, 2.75) is 18.9 Å². The van der Waals surface area contributed by atoms with E-state index in [4.69, 9.17) is 15.6 Å². The molecule has 3 N–H and O–H groups in total. The maximum Gasteiger partial charge on any atom is 0.320 e. The third kappa shape index (κ3) is 2.91. The summed E-state index contributed by atoms with van der Waals surface area (Å²) in [5, 5.41) is 9.09. The first-order chi connectivity index (χ1) is 9.52. The molecule has 1 heterocycles. The molecule has 0 amide bonds. The van der Waals surface area contributed by atoms with Gasteiger partial charge in [0.2, 0.25) is 0 Å². The predicted octanol–water partition coefficient (Wildman–Crippen LogP) is 1.01. The number of likely N-dealkylation sites (tertiary alicyclic amines) is 1. The Bertz CT molecular complexity index is 530. The zero-order valence-corrected chi connectivity index (χ0v) is 11.3. The number of nitrogen functional groups attached to an aromatic ring is 1. The van der Waals surface area contributed by atoms with E-state index in [0.717, 1.165) is 6.42 Å². The minimum atomic E-state index is -0.871. The van der Waals surface area contributed by atoms with Crippen LogP contribution in [0.1, 0.15) is 23.2 Å². The lowest BCUT2D eigenvalue weighted by Gasteiger charge is -2.20. The molecular formula is C14H18N2O4. The third-order valence-electron chi connectivity index (χ3n) is 3.55. The van der Waals surface area contributed by atoms with E-state index in [1.54, 1.807) is 23.1 Å². The fourth-order valence-electron chi connectivity index (χ4n) is 2.48. The Morgan fingerprint density at radius 1 is 1.50 bits per heavy atom. The van der Waals surface area contributed by atoms with E-state index in [1.807, 2.05) is 0 Å². The molecule has 1 aromatic rings. The van der Waals surface area contributed by atoms with Crippen molar-refractivity contribution >= 4 is 17.4 Å². The summed E-state index contributed by atoms with van der Waals surface area (Å²) in [7, 11) is 1.51. The Labute approximate surface area is 117 Å². The second kappa shape index (κ2) is 5.92. The second-order valence-electron chi connectivity index (χ2n) is 4.85. The first kappa shape index (κ1) is 14.3. The van der Waals surface area contributed by atoms with Crippen LogP contribution in [-0.4, -0.2) is 48.0 Å². The van der Waals surface area contributed by atoms with Gasteiger partial charge >= 0.3 is 5.97 Å². The number of anilines is 1. The first-order valence-electron chi connectivity index (χ1n) is 6.46. The number of carbonyl (C=O) groups is 2. The molecule has 0 radical (unpaired) electrons. The van der Waals surface area contributed by atoms with Gasteiger partial charge in [-0.15, -0.1) is 0 Å². The normalized spacial score (nSPS) is 18.9. The highest BCUT2D eigenvalue weighted by molar-refractivity contribution is 5.99. The summed E-state index contributed by atoms with van der Waals surface area (Å²) < 4.78 is 5.04. The number of aliphatic carboxylic acids is 1. The van der Waals surface area contributed by atoms with E-state index >= 15 is 0 Å². The topological polar surface area (TPSA) is 92.9 Å². The molecule has 0 aromatic heterocycles. The molecule has 1 saturated heterocycles. The lowest BCUT2D eigenvalue weighted by molar-refractivity contribution is -0.141. The maximum absolute atomic E-state index is 12.2. The lowest BCUT2D eigenvalue weighted by Crippen LogP contribution is -2.39. The van der Waals surface area contributed by atoms with E-state index in [0.29, 0.717) is 30.0 Å². The third-order valence-corrected chi connectivity index (χ3v) is 3.55. The summed E-state index contributed by atoms with van der Waals surface area (Å²) >= 11 is 0. The van der Waals surface area contributed by atoms with E-state index < -0.39 is 12.0 Å². The number of carboxylic acids is 1. The van der Waals surface area contributed by atoms with Crippen LogP contribution in [0.2, 0.25) is 0 Å². The van der Waals surface area contributed by atoms with Crippen molar-refractivity contribution in [1.82, 2.24) is 4.90 Å². The number of hydrogen-bond donors (Lipinski definition) is 2. The number of Topliss-reactive ketones (excluding diaryl/α,β-unsaturated/α-hetero) is 1. The molecule has 0 bridgehead atoms. The molecule has 1 atom stereocenters. The van der Waals surface area contributed by atoms with Crippen LogP contribution in [0.5, 0.6) is 5.75 Å². The van der Waals surface area contributed by atoms with Crippen molar-refractivity contribution in [2.75, 3.05) is 25.9 Å². The van der Waals surface area contributed by atoms with Gasteiger partial charge in [0.15, 0.2) is 5.78 Å². The van der Waals surface area contributed by atoms with Gasteiger partial charge < -0.3 is 15.6 Å². The number of carbonyl (C=O) groups excluding carboxylic acids is 1. The SMILES string of the molecule is COc1ccc(C(=O)CN2CCCC2C(=O)O)cc1N. The Morgan fingerprint density at radius 3 is 2.85 bits per heavy atom. The summed E-state index contributed by atoms with van der Waals surface area (Å²) in [6.07, 6.45) is 1.39. The van der Waals surface area contributed by atoms with Crippen LogP contribution >= 0.6 is 0 Å². The molecule has 1 unspecified atom stereocenters. The average molecular weight is 278 g/mol. The summed E-state index contributed by atoms with van der Waals surface area (Å²) in [6, 6.07) is 4.28. The van der Waals surface area contributed by atoms with Crippen LogP contribution in [-0.2, 0) is 4.79 Å². The quantitative estimate of drug-likeness (QED) is 0.617. The van der Waals surface area contributed by atoms with Crippen LogP contribution in [0.25, 0.3) is 0 Å².